The Morgan fingerprint density at radius 2 is 0.440 bits per heavy atom. The van der Waals surface area contributed by atoms with Crippen molar-refractivity contribution in [1.82, 2.24) is 0 Å². The molecule has 0 fully saturated rings. The van der Waals surface area contributed by atoms with E-state index in [1.165, 1.54) is 295 Å². The number of unbranched alkanes of at least 4 members (excludes halogenated alkanes) is 57. The molecule has 0 amide bonds. The van der Waals surface area contributed by atoms with Gasteiger partial charge in [-0.2, -0.15) is 0 Å². The Kier molecular flexibility index (Phi) is 79.8. The van der Waals surface area contributed by atoms with Crippen molar-refractivity contribution in [1.29, 1.82) is 0 Å². The zero-order valence-corrected chi connectivity index (χ0v) is 73.7. The Morgan fingerprint density at radius 1 is 0.257 bits per heavy atom. The van der Waals surface area contributed by atoms with Gasteiger partial charge in [-0.3, -0.25) is 37.3 Å². The van der Waals surface area contributed by atoms with Gasteiger partial charge >= 0.3 is 39.5 Å². The highest BCUT2D eigenvalue weighted by Crippen LogP contribution is 2.45. The first-order valence-corrected chi connectivity index (χ1v) is 49.6. The minimum atomic E-state index is -4.97. The van der Waals surface area contributed by atoms with E-state index in [0.29, 0.717) is 25.7 Å². The molecule has 0 heterocycles. The van der Waals surface area contributed by atoms with Crippen molar-refractivity contribution in [3.63, 3.8) is 0 Å². The first-order chi connectivity index (χ1) is 52.9. The van der Waals surface area contributed by atoms with Crippen molar-refractivity contribution < 1.29 is 80.2 Å². The molecule has 3 N–H and O–H groups in total. The van der Waals surface area contributed by atoms with Gasteiger partial charge in [-0.15, -0.1) is 0 Å². The van der Waals surface area contributed by atoms with Crippen molar-refractivity contribution in [3.05, 3.63) is 0 Å². The molecule has 19 heteroatoms. The summed E-state index contributed by atoms with van der Waals surface area (Å²) in [5.41, 5.74) is 0. The van der Waals surface area contributed by atoms with Crippen molar-refractivity contribution in [3.8, 4) is 0 Å². The van der Waals surface area contributed by atoms with Crippen molar-refractivity contribution in [2.24, 2.45) is 11.8 Å². The SMILES string of the molecule is CCCCCCCCCCCCCCCCCCCCCC(=O)OC[C@H](COP(=O)(O)OC[C@@H](O)COP(=O)(O)OC[C@@H](COC(=O)CCCCCCCCC(C)CC)OC(=O)CCCCCCCCCCCCCCCCCCCC)OC(=O)CCCCCCCCCCCCCCCCCCCCC(C)CC. The summed E-state index contributed by atoms with van der Waals surface area (Å²) < 4.78 is 69.0. The predicted octanol–water partition coefficient (Wildman–Crippen LogP) is 27.8. The normalized spacial score (nSPS) is 14.2. The molecule has 0 rings (SSSR count). The van der Waals surface area contributed by atoms with Gasteiger partial charge in [0.15, 0.2) is 12.2 Å². The number of aliphatic hydroxyl groups is 1. The van der Waals surface area contributed by atoms with Gasteiger partial charge in [0.2, 0.25) is 0 Å². The van der Waals surface area contributed by atoms with Gasteiger partial charge in [0, 0.05) is 25.7 Å². The van der Waals surface area contributed by atoms with E-state index in [1.54, 1.807) is 0 Å². The van der Waals surface area contributed by atoms with E-state index in [0.717, 1.165) is 108 Å². The van der Waals surface area contributed by atoms with Crippen LogP contribution in [0.4, 0.5) is 0 Å². The Hall–Kier alpha value is -1.94. The number of phosphoric acid groups is 2. The average Bonchev–Trinajstić information content (AvgIpc) is 0.901. The Bertz CT molecular complexity index is 2080. The molecule has 648 valence electrons. The molecule has 0 saturated heterocycles. The van der Waals surface area contributed by atoms with Crippen molar-refractivity contribution in [2.45, 2.75) is 503 Å². The van der Waals surface area contributed by atoms with Gasteiger partial charge in [0.25, 0.3) is 0 Å². The van der Waals surface area contributed by atoms with Gasteiger partial charge in [-0.1, -0.05) is 433 Å². The summed E-state index contributed by atoms with van der Waals surface area (Å²) in [5, 5.41) is 10.7. The largest absolute Gasteiger partial charge is 0.472 e. The first-order valence-electron chi connectivity index (χ1n) is 46.6. The van der Waals surface area contributed by atoms with E-state index in [9.17, 15) is 43.2 Å². The van der Waals surface area contributed by atoms with Crippen LogP contribution in [0.25, 0.3) is 0 Å². The zero-order chi connectivity index (χ0) is 79.9. The number of aliphatic hydroxyl groups excluding tert-OH is 1. The highest BCUT2D eigenvalue weighted by Gasteiger charge is 2.31. The maximum absolute atomic E-state index is 13.2. The lowest BCUT2D eigenvalue weighted by Crippen LogP contribution is -2.30. The molecule has 0 aliphatic carbocycles. The van der Waals surface area contributed by atoms with Gasteiger partial charge in [-0.05, 0) is 37.5 Å². The third-order valence-corrected chi connectivity index (χ3v) is 23.8. The van der Waals surface area contributed by atoms with Crippen LogP contribution < -0.4 is 0 Å². The minimum absolute atomic E-state index is 0.108. The van der Waals surface area contributed by atoms with Crippen LogP contribution >= 0.6 is 15.6 Å². The first kappa shape index (κ1) is 107. The Morgan fingerprint density at radius 3 is 0.651 bits per heavy atom. The number of esters is 4. The van der Waals surface area contributed by atoms with Crippen LogP contribution in [-0.4, -0.2) is 96.7 Å². The number of phosphoric ester groups is 2. The topological polar surface area (TPSA) is 237 Å². The number of ether oxygens (including phenoxy) is 4. The molecular formula is C90H176O17P2. The fourth-order valence-electron chi connectivity index (χ4n) is 14.1. The van der Waals surface area contributed by atoms with Gasteiger partial charge in [0.05, 0.1) is 26.4 Å². The van der Waals surface area contributed by atoms with Crippen LogP contribution in [0, 0.1) is 11.8 Å². The molecule has 109 heavy (non-hydrogen) atoms. The number of carbonyl (C=O) groups excluding carboxylic acids is 4. The van der Waals surface area contributed by atoms with Crippen LogP contribution in [0.15, 0.2) is 0 Å². The second kappa shape index (κ2) is 81.2. The molecule has 0 radical (unpaired) electrons. The second-order valence-electron chi connectivity index (χ2n) is 32.8. The van der Waals surface area contributed by atoms with E-state index in [2.05, 4.69) is 41.5 Å². The lowest BCUT2D eigenvalue weighted by atomic mass is 9.99. The molecule has 0 spiro atoms. The molecule has 4 unspecified atom stereocenters. The number of carbonyl (C=O) groups is 4. The molecule has 0 aliphatic rings. The van der Waals surface area contributed by atoms with Gasteiger partial charge in [0.1, 0.15) is 19.3 Å². The van der Waals surface area contributed by atoms with E-state index in [-0.39, 0.29) is 25.7 Å². The predicted molar refractivity (Wildman–Crippen MR) is 451 cm³/mol. The van der Waals surface area contributed by atoms with Crippen LogP contribution in [0.2, 0.25) is 0 Å². The van der Waals surface area contributed by atoms with E-state index in [1.807, 2.05) is 0 Å². The zero-order valence-electron chi connectivity index (χ0n) is 71.9. The molecule has 0 aromatic carbocycles. The third-order valence-electron chi connectivity index (χ3n) is 21.9. The summed E-state index contributed by atoms with van der Waals surface area (Å²) >= 11 is 0. The highest BCUT2D eigenvalue weighted by atomic mass is 31.2. The smallest absolute Gasteiger partial charge is 0.462 e. The summed E-state index contributed by atoms with van der Waals surface area (Å²) in [7, 11) is -9.93. The summed E-state index contributed by atoms with van der Waals surface area (Å²) in [5.74, 6) is -0.497. The number of rotatable bonds is 89. The lowest BCUT2D eigenvalue weighted by Gasteiger charge is -2.21. The van der Waals surface area contributed by atoms with Crippen molar-refractivity contribution >= 4 is 39.5 Å². The van der Waals surface area contributed by atoms with Gasteiger partial charge < -0.3 is 33.8 Å². The summed E-state index contributed by atoms with van der Waals surface area (Å²) in [6.45, 7) is 9.73. The standard InChI is InChI=1S/C90H176O17P2/c1-7-11-13-15-17-19-21-23-25-27-29-34-37-41-45-49-53-60-66-72-87(92)100-78-85(106-89(94)74-68-63-55-51-47-43-39-35-31-30-32-36-40-44-48-52-58-64-70-82(5)9-3)80-104-108(96,97)102-76-84(91)77-103-109(98,99)105-81-86(79-101-88(93)73-67-61-57-56-59-65-71-83(6)10-4)107-90(95)75-69-62-54-50-46-42-38-33-28-26-24-22-20-18-16-14-12-8-2/h82-86,91H,7-81H2,1-6H3,(H,96,97)(H,98,99)/t82?,83?,84-,85-,86-/m1/s1. The van der Waals surface area contributed by atoms with Crippen LogP contribution in [-0.2, 0) is 65.4 Å². The van der Waals surface area contributed by atoms with Crippen LogP contribution in [0.3, 0.4) is 0 Å². The molecular weight excluding hydrogens is 1410 g/mol. The monoisotopic (exact) mass is 1590 g/mol. The third kappa shape index (κ3) is 81.0. The molecule has 17 nitrogen and oxygen atoms in total. The Balaban J connectivity index is 5.22. The van der Waals surface area contributed by atoms with Crippen molar-refractivity contribution in [2.75, 3.05) is 39.6 Å². The van der Waals surface area contributed by atoms with Crippen LogP contribution in [0.1, 0.15) is 485 Å². The quantitative estimate of drug-likeness (QED) is 0.0222. The van der Waals surface area contributed by atoms with E-state index < -0.39 is 97.5 Å². The van der Waals surface area contributed by atoms with Gasteiger partial charge in [-0.25, -0.2) is 9.13 Å². The molecule has 0 aromatic heterocycles. The fourth-order valence-corrected chi connectivity index (χ4v) is 15.6. The average molecular weight is 1590 g/mol. The molecule has 0 aliphatic heterocycles. The molecule has 0 aromatic rings. The summed E-state index contributed by atoms with van der Waals surface area (Å²) in [4.78, 5) is 73.3. The summed E-state index contributed by atoms with van der Waals surface area (Å²) in [6.07, 6.45) is 75.1. The number of hydrogen-bond acceptors (Lipinski definition) is 15. The van der Waals surface area contributed by atoms with E-state index >= 15 is 0 Å². The molecule has 7 atom stereocenters. The maximum Gasteiger partial charge on any atom is 0.472 e. The minimum Gasteiger partial charge on any atom is -0.462 e. The fraction of sp³-hybridized carbons (Fsp3) is 0.956. The Labute approximate surface area is 670 Å². The summed E-state index contributed by atoms with van der Waals surface area (Å²) in [6, 6.07) is 0. The second-order valence-corrected chi connectivity index (χ2v) is 35.7. The molecule has 0 bridgehead atoms. The lowest BCUT2D eigenvalue weighted by molar-refractivity contribution is -0.161. The molecule has 0 saturated carbocycles. The van der Waals surface area contributed by atoms with E-state index in [4.69, 9.17) is 37.0 Å². The maximum atomic E-state index is 13.2. The van der Waals surface area contributed by atoms with Crippen LogP contribution in [0.5, 0.6) is 0 Å². The number of hydrogen-bond donors (Lipinski definition) is 3. The highest BCUT2D eigenvalue weighted by molar-refractivity contribution is 7.47.